The number of aliphatic imine (C=N–C) groups is 1. The molecule has 0 fully saturated rings. The standard InChI is InChI=1S/C16H27N5O/c1-5-9-10-17-15-14(21(8-4)11-12-22)13-18-16(19-15)20(6-2)7-3/h10,12-13H,5-9,11H2,1-4H3. The summed E-state index contributed by atoms with van der Waals surface area (Å²) < 4.78 is 0. The SMILES string of the molecule is CCCC=Nc1nc(N(CC)CC)ncc1N(CC)CC=O. The molecule has 0 saturated heterocycles. The summed E-state index contributed by atoms with van der Waals surface area (Å²) in [4.78, 5) is 28.4. The highest BCUT2D eigenvalue weighted by molar-refractivity contribution is 5.73. The molecule has 6 heteroatoms. The zero-order chi connectivity index (χ0) is 16.4. The molecule has 0 aliphatic heterocycles. The van der Waals surface area contributed by atoms with E-state index in [0.29, 0.717) is 24.9 Å². The number of hydrogen-bond donors (Lipinski definition) is 0. The Morgan fingerprint density at radius 1 is 1.14 bits per heavy atom. The number of likely N-dealkylation sites (N-methyl/N-ethyl adjacent to an activating group) is 1. The Bertz CT molecular complexity index is 485. The molecule has 1 rings (SSSR count). The van der Waals surface area contributed by atoms with Gasteiger partial charge < -0.3 is 14.6 Å². The van der Waals surface area contributed by atoms with E-state index in [-0.39, 0.29) is 0 Å². The van der Waals surface area contributed by atoms with Gasteiger partial charge in [0.05, 0.1) is 12.7 Å². The smallest absolute Gasteiger partial charge is 0.227 e. The molecule has 0 saturated carbocycles. The van der Waals surface area contributed by atoms with Crippen LogP contribution >= 0.6 is 0 Å². The number of nitrogens with zero attached hydrogens (tertiary/aromatic N) is 5. The molecule has 0 unspecified atom stereocenters. The summed E-state index contributed by atoms with van der Waals surface area (Å²) in [5.41, 5.74) is 0.804. The van der Waals surface area contributed by atoms with Crippen molar-refractivity contribution >= 4 is 30.0 Å². The number of anilines is 2. The third-order valence-electron chi connectivity index (χ3n) is 3.43. The Kier molecular flexibility index (Phi) is 8.10. The lowest BCUT2D eigenvalue weighted by Crippen LogP contribution is -2.27. The van der Waals surface area contributed by atoms with Gasteiger partial charge in [0.1, 0.15) is 12.0 Å². The Hall–Kier alpha value is -1.98. The summed E-state index contributed by atoms with van der Waals surface area (Å²) in [5, 5.41) is 0. The number of hydrogen-bond acceptors (Lipinski definition) is 6. The lowest BCUT2D eigenvalue weighted by Gasteiger charge is -2.23. The zero-order valence-corrected chi connectivity index (χ0v) is 14.1. The molecule has 0 aromatic carbocycles. The van der Waals surface area contributed by atoms with Crippen LogP contribution in [-0.4, -0.2) is 48.6 Å². The van der Waals surface area contributed by atoms with Crippen molar-refractivity contribution in [1.82, 2.24) is 9.97 Å². The van der Waals surface area contributed by atoms with Crippen LogP contribution in [-0.2, 0) is 4.79 Å². The van der Waals surface area contributed by atoms with Crippen molar-refractivity contribution in [2.45, 2.75) is 40.5 Å². The van der Waals surface area contributed by atoms with Crippen molar-refractivity contribution in [3.63, 3.8) is 0 Å². The van der Waals surface area contributed by atoms with Gasteiger partial charge in [-0.1, -0.05) is 13.3 Å². The average molecular weight is 305 g/mol. The van der Waals surface area contributed by atoms with Crippen molar-refractivity contribution in [1.29, 1.82) is 0 Å². The lowest BCUT2D eigenvalue weighted by atomic mass is 10.3. The van der Waals surface area contributed by atoms with Crippen LogP contribution in [0.4, 0.5) is 17.5 Å². The predicted octanol–water partition coefficient (Wildman–Crippen LogP) is 2.85. The quantitative estimate of drug-likeness (QED) is 0.491. The van der Waals surface area contributed by atoms with Crippen LogP contribution in [0.3, 0.4) is 0 Å². The molecule has 0 aliphatic carbocycles. The largest absolute Gasteiger partial charge is 0.360 e. The monoisotopic (exact) mass is 305 g/mol. The van der Waals surface area contributed by atoms with E-state index in [9.17, 15) is 4.79 Å². The molecule has 1 heterocycles. The fraction of sp³-hybridized carbons (Fsp3) is 0.625. The number of rotatable bonds is 10. The van der Waals surface area contributed by atoms with Crippen molar-refractivity contribution in [3.8, 4) is 0 Å². The van der Waals surface area contributed by atoms with Crippen LogP contribution in [0.25, 0.3) is 0 Å². The molecule has 0 amide bonds. The highest BCUT2D eigenvalue weighted by atomic mass is 16.1. The number of unbranched alkanes of at least 4 members (excludes halogenated alkanes) is 1. The highest BCUT2D eigenvalue weighted by Gasteiger charge is 2.14. The van der Waals surface area contributed by atoms with Gasteiger partial charge in [-0.3, -0.25) is 0 Å². The molecule has 1 aromatic heterocycles. The van der Waals surface area contributed by atoms with Crippen LogP contribution in [0.5, 0.6) is 0 Å². The summed E-state index contributed by atoms with van der Waals surface area (Å²) >= 11 is 0. The first kappa shape index (κ1) is 18.1. The van der Waals surface area contributed by atoms with Crippen LogP contribution in [0.1, 0.15) is 40.5 Å². The number of aldehydes is 1. The highest BCUT2D eigenvalue weighted by Crippen LogP contribution is 2.27. The van der Waals surface area contributed by atoms with Crippen molar-refractivity contribution in [3.05, 3.63) is 6.20 Å². The van der Waals surface area contributed by atoms with E-state index >= 15 is 0 Å². The normalized spacial score (nSPS) is 10.9. The molecule has 22 heavy (non-hydrogen) atoms. The van der Waals surface area contributed by atoms with E-state index in [1.165, 1.54) is 0 Å². The van der Waals surface area contributed by atoms with Gasteiger partial charge in [0, 0.05) is 25.8 Å². The van der Waals surface area contributed by atoms with Gasteiger partial charge in [0.15, 0.2) is 5.82 Å². The minimum absolute atomic E-state index is 0.320. The first-order valence-electron chi connectivity index (χ1n) is 8.04. The van der Waals surface area contributed by atoms with Gasteiger partial charge in [-0.2, -0.15) is 4.98 Å². The van der Waals surface area contributed by atoms with Crippen LogP contribution in [0.2, 0.25) is 0 Å². The second-order valence-corrected chi connectivity index (χ2v) is 4.86. The molecule has 0 spiro atoms. The molecular weight excluding hydrogens is 278 g/mol. The molecule has 0 atom stereocenters. The van der Waals surface area contributed by atoms with Gasteiger partial charge in [-0.25, -0.2) is 9.98 Å². The van der Waals surface area contributed by atoms with Crippen LogP contribution < -0.4 is 9.80 Å². The molecule has 0 aliphatic rings. The number of aromatic nitrogens is 2. The molecule has 6 nitrogen and oxygen atoms in total. The topological polar surface area (TPSA) is 61.7 Å². The number of carbonyl (C=O) groups is 1. The third kappa shape index (κ3) is 4.79. The minimum atomic E-state index is 0.320. The molecule has 0 N–H and O–H groups in total. The van der Waals surface area contributed by atoms with Crippen molar-refractivity contribution < 1.29 is 4.79 Å². The van der Waals surface area contributed by atoms with E-state index in [1.54, 1.807) is 6.20 Å². The van der Waals surface area contributed by atoms with Gasteiger partial charge >= 0.3 is 0 Å². The lowest BCUT2D eigenvalue weighted by molar-refractivity contribution is -0.106. The third-order valence-corrected chi connectivity index (χ3v) is 3.43. The molecular formula is C16H27N5O. The first-order valence-corrected chi connectivity index (χ1v) is 8.04. The van der Waals surface area contributed by atoms with Gasteiger partial charge in [0.25, 0.3) is 0 Å². The summed E-state index contributed by atoms with van der Waals surface area (Å²) in [5.74, 6) is 1.31. The molecule has 0 bridgehead atoms. The molecule has 0 radical (unpaired) electrons. The van der Waals surface area contributed by atoms with Gasteiger partial charge in [-0.05, 0) is 27.2 Å². The molecule has 1 aromatic rings. The second-order valence-electron chi connectivity index (χ2n) is 4.86. The van der Waals surface area contributed by atoms with E-state index in [1.807, 2.05) is 18.0 Å². The average Bonchev–Trinajstić information content (AvgIpc) is 2.54. The van der Waals surface area contributed by atoms with Crippen LogP contribution in [0.15, 0.2) is 11.2 Å². The van der Waals surface area contributed by atoms with E-state index in [2.05, 4.69) is 40.6 Å². The second kappa shape index (κ2) is 9.87. The van der Waals surface area contributed by atoms with E-state index in [0.717, 1.165) is 37.9 Å². The summed E-state index contributed by atoms with van der Waals surface area (Å²) in [6.45, 7) is 11.0. The zero-order valence-electron chi connectivity index (χ0n) is 14.1. The maximum Gasteiger partial charge on any atom is 0.227 e. The van der Waals surface area contributed by atoms with Crippen LogP contribution in [0, 0.1) is 0 Å². The van der Waals surface area contributed by atoms with Crippen molar-refractivity contribution in [2.24, 2.45) is 4.99 Å². The maximum atomic E-state index is 10.9. The summed E-state index contributed by atoms with van der Waals surface area (Å²) in [6, 6.07) is 0. The Morgan fingerprint density at radius 2 is 1.82 bits per heavy atom. The Morgan fingerprint density at radius 3 is 2.36 bits per heavy atom. The minimum Gasteiger partial charge on any atom is -0.360 e. The van der Waals surface area contributed by atoms with E-state index in [4.69, 9.17) is 0 Å². The summed E-state index contributed by atoms with van der Waals surface area (Å²) in [6.07, 6.45) is 6.49. The summed E-state index contributed by atoms with van der Waals surface area (Å²) in [7, 11) is 0. The van der Waals surface area contributed by atoms with E-state index < -0.39 is 0 Å². The number of carbonyl (C=O) groups excluding carboxylic acids is 1. The van der Waals surface area contributed by atoms with Crippen molar-refractivity contribution in [2.75, 3.05) is 36.0 Å². The fourth-order valence-electron chi connectivity index (χ4n) is 2.10. The first-order chi connectivity index (χ1) is 10.7. The maximum absolute atomic E-state index is 10.9. The fourth-order valence-corrected chi connectivity index (χ4v) is 2.10. The predicted molar refractivity (Wildman–Crippen MR) is 92.6 cm³/mol. The Labute approximate surface area is 133 Å². The van der Waals surface area contributed by atoms with Gasteiger partial charge in [-0.15, -0.1) is 0 Å². The Balaban J connectivity index is 3.21. The van der Waals surface area contributed by atoms with Gasteiger partial charge in [0.2, 0.25) is 5.95 Å². The molecule has 122 valence electrons.